The molecule has 2 saturated heterocycles. The van der Waals surface area contributed by atoms with Crippen LogP contribution in [-0.4, -0.2) is 49.8 Å². The summed E-state index contributed by atoms with van der Waals surface area (Å²) in [7, 11) is 0. The number of benzene rings is 2. The highest BCUT2D eigenvalue weighted by atomic mass is 19.1. The molecular formula is C21H21FN3O3+. The zero-order valence-corrected chi connectivity index (χ0v) is 15.3. The topological polar surface area (TPSA) is 70.9 Å². The van der Waals surface area contributed by atoms with E-state index in [1.807, 2.05) is 12.1 Å². The van der Waals surface area contributed by atoms with Crippen molar-refractivity contribution in [3.8, 4) is 0 Å². The van der Waals surface area contributed by atoms with Gasteiger partial charge in [0.25, 0.3) is 5.91 Å². The average molecular weight is 382 g/mol. The van der Waals surface area contributed by atoms with Crippen LogP contribution in [-0.2, 0) is 9.59 Å². The van der Waals surface area contributed by atoms with Gasteiger partial charge in [0.05, 0.1) is 32.6 Å². The molecule has 7 heteroatoms. The lowest BCUT2D eigenvalue weighted by molar-refractivity contribution is -0.915. The summed E-state index contributed by atoms with van der Waals surface area (Å²) in [6.07, 6.45) is 0.272. The van der Waals surface area contributed by atoms with Crippen LogP contribution in [0, 0.1) is 5.82 Å². The fourth-order valence-corrected chi connectivity index (χ4v) is 3.88. The van der Waals surface area contributed by atoms with Gasteiger partial charge in [0, 0.05) is 16.8 Å². The van der Waals surface area contributed by atoms with Crippen molar-refractivity contribution in [3.05, 3.63) is 65.5 Å². The minimum absolute atomic E-state index is 0.141. The number of nitrogens with zero attached hydrogens (tertiary/aromatic N) is 1. The van der Waals surface area contributed by atoms with Crippen LogP contribution in [0.15, 0.2) is 48.5 Å². The van der Waals surface area contributed by atoms with Crippen molar-refractivity contribution in [2.45, 2.75) is 12.5 Å². The van der Waals surface area contributed by atoms with E-state index in [9.17, 15) is 18.8 Å². The first-order valence-electron chi connectivity index (χ1n) is 9.35. The highest BCUT2D eigenvalue weighted by molar-refractivity contribution is 6.09. The predicted molar refractivity (Wildman–Crippen MR) is 101 cm³/mol. The Balaban J connectivity index is 1.38. The number of carbonyl (C=O) groups is 3. The number of rotatable bonds is 4. The van der Waals surface area contributed by atoms with Crippen molar-refractivity contribution in [1.29, 1.82) is 0 Å². The largest absolute Gasteiger partial charge is 0.360 e. The summed E-state index contributed by atoms with van der Waals surface area (Å²) in [5, 5.41) is 2.38. The highest BCUT2D eigenvalue weighted by Gasteiger charge is 2.40. The van der Waals surface area contributed by atoms with E-state index in [1.54, 1.807) is 12.1 Å². The minimum Gasteiger partial charge on any atom is -0.360 e. The quantitative estimate of drug-likeness (QED) is 0.585. The third-order valence-corrected chi connectivity index (χ3v) is 5.47. The molecule has 2 aromatic rings. The van der Waals surface area contributed by atoms with Gasteiger partial charge in [-0.2, -0.15) is 0 Å². The number of ketones is 1. The standard InChI is InChI=1S/C21H20FN3O3/c22-16-5-1-14(2-6-16)20(27)15-3-7-17(8-4-15)24-9-11-25(12-10-24)18-13-19(26)23-21(18)28/h1-8,18H,9-13H2,(H,23,26,28)/p+1/t18-/m1/s1. The Bertz CT molecular complexity index is 903. The summed E-state index contributed by atoms with van der Waals surface area (Å²) in [6.45, 7) is 3.11. The normalized spacial score (nSPS) is 20.3. The van der Waals surface area contributed by atoms with Crippen LogP contribution in [0.5, 0.6) is 0 Å². The first-order chi connectivity index (χ1) is 13.5. The molecule has 0 unspecified atom stereocenters. The number of carbonyl (C=O) groups excluding carboxylic acids is 3. The second-order valence-corrected chi connectivity index (χ2v) is 7.20. The van der Waals surface area contributed by atoms with Crippen LogP contribution in [0.2, 0.25) is 0 Å². The van der Waals surface area contributed by atoms with Gasteiger partial charge in [-0.3, -0.25) is 19.7 Å². The van der Waals surface area contributed by atoms with Crippen molar-refractivity contribution in [3.63, 3.8) is 0 Å². The summed E-state index contributed by atoms with van der Waals surface area (Å²) in [4.78, 5) is 39.1. The summed E-state index contributed by atoms with van der Waals surface area (Å²) >= 11 is 0. The van der Waals surface area contributed by atoms with Gasteiger partial charge >= 0.3 is 0 Å². The maximum absolute atomic E-state index is 13.0. The van der Waals surface area contributed by atoms with E-state index >= 15 is 0 Å². The number of amides is 2. The Morgan fingerprint density at radius 2 is 1.54 bits per heavy atom. The number of anilines is 1. The first kappa shape index (κ1) is 18.3. The van der Waals surface area contributed by atoms with E-state index in [0.717, 1.165) is 36.8 Å². The lowest BCUT2D eigenvalue weighted by atomic mass is 10.0. The molecule has 0 spiro atoms. The van der Waals surface area contributed by atoms with Gasteiger partial charge < -0.3 is 9.80 Å². The molecule has 2 aliphatic heterocycles. The van der Waals surface area contributed by atoms with E-state index in [-0.39, 0.29) is 35.9 Å². The van der Waals surface area contributed by atoms with E-state index in [2.05, 4.69) is 10.2 Å². The van der Waals surface area contributed by atoms with Crippen molar-refractivity contribution in [2.24, 2.45) is 0 Å². The van der Waals surface area contributed by atoms with Gasteiger partial charge in [0.15, 0.2) is 11.8 Å². The van der Waals surface area contributed by atoms with E-state index in [4.69, 9.17) is 0 Å². The monoisotopic (exact) mass is 382 g/mol. The van der Waals surface area contributed by atoms with Gasteiger partial charge in [-0.05, 0) is 48.5 Å². The molecular weight excluding hydrogens is 361 g/mol. The van der Waals surface area contributed by atoms with Gasteiger partial charge in [-0.25, -0.2) is 4.39 Å². The van der Waals surface area contributed by atoms with Crippen LogP contribution in [0.1, 0.15) is 22.3 Å². The summed E-state index contributed by atoms with van der Waals surface area (Å²) in [5.41, 5.74) is 2.03. The molecule has 6 nitrogen and oxygen atoms in total. The number of piperazine rings is 1. The zero-order valence-electron chi connectivity index (χ0n) is 15.3. The molecule has 0 bridgehead atoms. The van der Waals surface area contributed by atoms with E-state index in [0.29, 0.717) is 11.1 Å². The van der Waals surface area contributed by atoms with Crippen LogP contribution >= 0.6 is 0 Å². The molecule has 2 fully saturated rings. The molecule has 0 saturated carbocycles. The molecule has 2 heterocycles. The molecule has 2 amide bonds. The molecule has 1 atom stereocenters. The first-order valence-corrected chi connectivity index (χ1v) is 9.35. The molecule has 0 radical (unpaired) electrons. The second kappa shape index (κ2) is 7.52. The van der Waals surface area contributed by atoms with Crippen molar-refractivity contribution < 1.29 is 23.7 Å². The third kappa shape index (κ3) is 3.66. The molecule has 28 heavy (non-hydrogen) atoms. The Hall–Kier alpha value is -3.06. The van der Waals surface area contributed by atoms with Crippen LogP contribution in [0.25, 0.3) is 0 Å². The number of hydrogen-bond donors (Lipinski definition) is 2. The van der Waals surface area contributed by atoms with Gasteiger partial charge in [0.2, 0.25) is 5.91 Å². The molecule has 2 N–H and O–H groups in total. The van der Waals surface area contributed by atoms with Crippen molar-refractivity contribution in [1.82, 2.24) is 5.32 Å². The molecule has 2 aliphatic rings. The molecule has 0 aromatic heterocycles. The fraction of sp³-hybridized carbons (Fsp3) is 0.286. The maximum atomic E-state index is 13.0. The van der Waals surface area contributed by atoms with E-state index < -0.39 is 0 Å². The maximum Gasteiger partial charge on any atom is 0.285 e. The Labute approximate surface area is 161 Å². The number of quaternary nitrogens is 1. The molecule has 0 aliphatic carbocycles. The molecule has 4 rings (SSSR count). The fourth-order valence-electron chi connectivity index (χ4n) is 3.88. The number of imide groups is 1. The van der Waals surface area contributed by atoms with Crippen LogP contribution in [0.3, 0.4) is 0 Å². The third-order valence-electron chi connectivity index (χ3n) is 5.47. The summed E-state index contributed by atoms with van der Waals surface area (Å²) in [5.74, 6) is -0.867. The lowest BCUT2D eigenvalue weighted by Gasteiger charge is -2.35. The van der Waals surface area contributed by atoms with Crippen molar-refractivity contribution in [2.75, 3.05) is 31.1 Å². The highest BCUT2D eigenvalue weighted by Crippen LogP contribution is 2.18. The van der Waals surface area contributed by atoms with Gasteiger partial charge in [0.1, 0.15) is 5.82 Å². The molecule has 144 valence electrons. The SMILES string of the molecule is O=C1C[C@@H]([NH+]2CCN(c3ccc(C(=O)c4ccc(F)cc4)cc3)CC2)C(=O)N1. The van der Waals surface area contributed by atoms with Crippen LogP contribution < -0.4 is 15.1 Å². The predicted octanol–water partition coefficient (Wildman–Crippen LogP) is 0.177. The Morgan fingerprint density at radius 3 is 2.07 bits per heavy atom. The Morgan fingerprint density at radius 1 is 0.964 bits per heavy atom. The lowest BCUT2D eigenvalue weighted by Crippen LogP contribution is -3.19. The van der Waals surface area contributed by atoms with E-state index in [1.165, 1.54) is 24.3 Å². The summed E-state index contributed by atoms with van der Waals surface area (Å²) < 4.78 is 13.0. The van der Waals surface area contributed by atoms with Crippen molar-refractivity contribution >= 4 is 23.3 Å². The Kier molecular flexibility index (Phi) is 4.92. The number of nitrogens with one attached hydrogen (secondary N) is 2. The minimum atomic E-state index is -0.368. The second-order valence-electron chi connectivity index (χ2n) is 7.20. The van der Waals surface area contributed by atoms with Gasteiger partial charge in [-0.1, -0.05) is 0 Å². The molecule has 2 aromatic carbocycles. The number of halogens is 1. The summed E-state index contributed by atoms with van der Waals surface area (Å²) in [6, 6.07) is 12.6. The van der Waals surface area contributed by atoms with Crippen LogP contribution in [0.4, 0.5) is 10.1 Å². The average Bonchev–Trinajstić information content (AvgIpc) is 3.06. The smallest absolute Gasteiger partial charge is 0.285 e. The van der Waals surface area contributed by atoms with Gasteiger partial charge in [-0.15, -0.1) is 0 Å². The number of hydrogen-bond acceptors (Lipinski definition) is 4. The zero-order chi connectivity index (χ0) is 19.7.